The Balaban J connectivity index is 2.08. The minimum atomic E-state index is -0.477. The number of rotatable bonds is 27. The Hall–Kier alpha value is -2.52. The second-order valence-corrected chi connectivity index (χ2v) is 11.5. The number of hydrogen-bond acceptors (Lipinski definition) is 8. The SMILES string of the molecule is CCCCCCCCCCCCCCCC(=O)OC[CH]COC(=O)c1ccnc(CNCC(=O)N(CC)CCN(C)C)c1. The van der Waals surface area contributed by atoms with Crippen molar-refractivity contribution in [1.29, 1.82) is 0 Å². The van der Waals surface area contributed by atoms with Gasteiger partial charge in [0.2, 0.25) is 5.91 Å². The highest BCUT2D eigenvalue weighted by molar-refractivity contribution is 5.89. The Labute approximate surface area is 261 Å². The van der Waals surface area contributed by atoms with Crippen molar-refractivity contribution in [1.82, 2.24) is 20.1 Å². The first-order chi connectivity index (χ1) is 20.9. The summed E-state index contributed by atoms with van der Waals surface area (Å²) in [4.78, 5) is 44.9. The third-order valence-corrected chi connectivity index (χ3v) is 7.37. The van der Waals surface area contributed by atoms with E-state index in [1.54, 1.807) is 24.8 Å². The summed E-state index contributed by atoms with van der Waals surface area (Å²) in [5.41, 5.74) is 1.02. The minimum Gasteiger partial charge on any atom is -0.465 e. The van der Waals surface area contributed by atoms with Crippen LogP contribution in [-0.2, 0) is 25.6 Å². The normalized spacial score (nSPS) is 11.1. The lowest BCUT2D eigenvalue weighted by Crippen LogP contribution is -2.41. The molecule has 0 saturated heterocycles. The molecule has 1 radical (unpaired) electrons. The Kier molecular flexibility index (Phi) is 23.2. The molecule has 0 spiro atoms. The van der Waals surface area contributed by atoms with Gasteiger partial charge in [0.25, 0.3) is 0 Å². The third kappa shape index (κ3) is 20.9. The van der Waals surface area contributed by atoms with Crippen molar-refractivity contribution in [3.63, 3.8) is 0 Å². The van der Waals surface area contributed by atoms with E-state index in [-0.39, 0.29) is 31.6 Å². The Morgan fingerprint density at radius 1 is 0.837 bits per heavy atom. The molecule has 0 saturated carbocycles. The van der Waals surface area contributed by atoms with Crippen LogP contribution in [0.1, 0.15) is 120 Å². The molecule has 1 rings (SSSR count). The van der Waals surface area contributed by atoms with Gasteiger partial charge in [0.05, 0.1) is 31.0 Å². The van der Waals surface area contributed by atoms with Gasteiger partial charge in [-0.3, -0.25) is 14.6 Å². The molecule has 0 aromatic carbocycles. The summed E-state index contributed by atoms with van der Waals surface area (Å²) >= 11 is 0. The minimum absolute atomic E-state index is 0.0282. The molecule has 1 aromatic rings. The average molecular weight is 604 g/mol. The number of amides is 1. The first kappa shape index (κ1) is 38.5. The number of esters is 2. The van der Waals surface area contributed by atoms with Gasteiger partial charge in [-0.05, 0) is 39.6 Å². The highest BCUT2D eigenvalue weighted by atomic mass is 16.5. The van der Waals surface area contributed by atoms with E-state index < -0.39 is 5.97 Å². The van der Waals surface area contributed by atoms with Gasteiger partial charge in [-0.15, -0.1) is 0 Å². The number of ether oxygens (including phenoxy) is 2. The van der Waals surface area contributed by atoms with Crippen molar-refractivity contribution in [2.75, 3.05) is 53.5 Å². The number of unbranched alkanes of at least 4 members (excludes halogenated alkanes) is 12. The molecule has 0 atom stereocenters. The lowest BCUT2D eigenvalue weighted by molar-refractivity contribution is -0.143. The number of nitrogens with one attached hydrogen (secondary N) is 1. The largest absolute Gasteiger partial charge is 0.465 e. The van der Waals surface area contributed by atoms with Crippen molar-refractivity contribution in [2.24, 2.45) is 0 Å². The summed E-state index contributed by atoms with van der Waals surface area (Å²) in [6.07, 6.45) is 20.1. The number of nitrogens with zero attached hydrogens (tertiary/aromatic N) is 3. The van der Waals surface area contributed by atoms with E-state index in [1.807, 2.05) is 30.8 Å². The molecule has 0 aliphatic carbocycles. The number of hydrogen-bond donors (Lipinski definition) is 1. The third-order valence-electron chi connectivity index (χ3n) is 7.37. The molecule has 245 valence electrons. The van der Waals surface area contributed by atoms with Crippen molar-refractivity contribution >= 4 is 17.8 Å². The van der Waals surface area contributed by atoms with Crippen molar-refractivity contribution in [3.8, 4) is 0 Å². The van der Waals surface area contributed by atoms with Crippen LogP contribution in [0, 0.1) is 6.42 Å². The smallest absolute Gasteiger partial charge is 0.338 e. The van der Waals surface area contributed by atoms with Gasteiger partial charge in [-0.1, -0.05) is 84.0 Å². The van der Waals surface area contributed by atoms with Gasteiger partial charge >= 0.3 is 11.9 Å². The second-order valence-electron chi connectivity index (χ2n) is 11.5. The topological polar surface area (TPSA) is 101 Å². The van der Waals surface area contributed by atoms with Gasteiger partial charge in [0.1, 0.15) is 0 Å². The Morgan fingerprint density at radius 3 is 2.05 bits per heavy atom. The number of pyridine rings is 1. The highest BCUT2D eigenvalue weighted by Gasteiger charge is 2.13. The first-order valence-electron chi connectivity index (χ1n) is 16.6. The molecular formula is C34H59N4O5. The quantitative estimate of drug-likeness (QED) is 0.0970. The zero-order valence-corrected chi connectivity index (χ0v) is 27.5. The molecule has 43 heavy (non-hydrogen) atoms. The van der Waals surface area contributed by atoms with Crippen molar-refractivity contribution < 1.29 is 23.9 Å². The van der Waals surface area contributed by atoms with E-state index in [0.29, 0.717) is 37.3 Å². The van der Waals surface area contributed by atoms with E-state index in [9.17, 15) is 14.4 Å². The summed E-state index contributed by atoms with van der Waals surface area (Å²) in [6, 6.07) is 3.24. The van der Waals surface area contributed by atoms with Crippen LogP contribution in [-0.4, -0.2) is 86.1 Å². The maximum Gasteiger partial charge on any atom is 0.338 e. The van der Waals surface area contributed by atoms with Gasteiger partial charge < -0.3 is 24.6 Å². The van der Waals surface area contributed by atoms with Crippen molar-refractivity contribution in [2.45, 2.75) is 110 Å². The molecule has 1 N–H and O–H groups in total. The lowest BCUT2D eigenvalue weighted by atomic mass is 10.0. The molecule has 1 aromatic heterocycles. The number of aromatic nitrogens is 1. The Bertz CT molecular complexity index is 880. The highest BCUT2D eigenvalue weighted by Crippen LogP contribution is 2.13. The molecule has 0 fully saturated rings. The first-order valence-corrected chi connectivity index (χ1v) is 16.6. The van der Waals surface area contributed by atoms with Gasteiger partial charge in [-0.25, -0.2) is 4.79 Å². The Morgan fingerprint density at radius 2 is 1.44 bits per heavy atom. The van der Waals surface area contributed by atoms with E-state index in [0.717, 1.165) is 19.4 Å². The predicted molar refractivity (Wildman–Crippen MR) is 173 cm³/mol. The maximum atomic E-state index is 12.4. The molecule has 1 amide bonds. The zero-order chi connectivity index (χ0) is 31.5. The summed E-state index contributed by atoms with van der Waals surface area (Å²) in [6.45, 7) is 7.10. The van der Waals surface area contributed by atoms with Crippen LogP contribution in [0.15, 0.2) is 18.3 Å². The number of likely N-dealkylation sites (N-methyl/N-ethyl adjacent to an activating group) is 2. The molecule has 9 nitrogen and oxygen atoms in total. The monoisotopic (exact) mass is 603 g/mol. The fourth-order valence-electron chi connectivity index (χ4n) is 4.67. The molecule has 9 heteroatoms. The maximum absolute atomic E-state index is 12.4. The van der Waals surface area contributed by atoms with E-state index >= 15 is 0 Å². The summed E-state index contributed by atoms with van der Waals surface area (Å²) in [7, 11) is 3.96. The van der Waals surface area contributed by atoms with E-state index in [4.69, 9.17) is 9.47 Å². The van der Waals surface area contributed by atoms with Crippen molar-refractivity contribution in [3.05, 3.63) is 36.0 Å². The van der Waals surface area contributed by atoms with Gasteiger partial charge in [-0.2, -0.15) is 0 Å². The van der Waals surface area contributed by atoms with Crippen LogP contribution in [0.25, 0.3) is 0 Å². The standard InChI is InChI=1S/C34H59N4O5/c1-5-7-8-9-10-11-12-13-14-15-16-17-18-20-33(40)42-25-19-26-43-34(41)30-21-22-36-31(27-30)28-35-29-32(39)38(6-2)24-23-37(3)4/h19,21-22,27,35H,5-18,20,23-26,28-29H2,1-4H3. The molecule has 0 unspecified atom stereocenters. The second kappa shape index (κ2) is 25.9. The molecule has 0 aliphatic heterocycles. The molecule has 0 aliphatic rings. The number of carbonyl (C=O) groups excluding carboxylic acids is 3. The fourth-order valence-corrected chi connectivity index (χ4v) is 4.67. The van der Waals surface area contributed by atoms with Crippen LogP contribution >= 0.6 is 0 Å². The average Bonchev–Trinajstić information content (AvgIpc) is 2.99. The molecule has 0 bridgehead atoms. The fraction of sp³-hybridized carbons (Fsp3) is 0.735. The summed E-state index contributed by atoms with van der Waals surface area (Å²) < 4.78 is 10.5. The van der Waals surface area contributed by atoms with Gasteiger partial charge in [0.15, 0.2) is 0 Å². The van der Waals surface area contributed by atoms with Crippen LogP contribution in [0.4, 0.5) is 0 Å². The van der Waals surface area contributed by atoms with Crippen LogP contribution in [0.5, 0.6) is 0 Å². The molecular weight excluding hydrogens is 544 g/mol. The van der Waals surface area contributed by atoms with Crippen LogP contribution in [0.3, 0.4) is 0 Å². The lowest BCUT2D eigenvalue weighted by Gasteiger charge is -2.23. The predicted octanol–water partition coefficient (Wildman–Crippen LogP) is 5.97. The summed E-state index contributed by atoms with van der Waals surface area (Å²) in [5.74, 6) is -0.661. The zero-order valence-electron chi connectivity index (χ0n) is 27.5. The van der Waals surface area contributed by atoms with E-state index in [1.165, 1.54) is 70.6 Å². The summed E-state index contributed by atoms with van der Waals surface area (Å²) in [5, 5.41) is 3.11. The van der Waals surface area contributed by atoms with Gasteiger partial charge in [0, 0.05) is 45.2 Å². The van der Waals surface area contributed by atoms with Crippen LogP contribution < -0.4 is 5.32 Å². The van der Waals surface area contributed by atoms with E-state index in [2.05, 4.69) is 17.2 Å². The molecule has 1 heterocycles. The number of carbonyl (C=O) groups is 3. The van der Waals surface area contributed by atoms with Crippen LogP contribution in [0.2, 0.25) is 0 Å².